The molecule has 7 heteroatoms. The molecule has 29 heavy (non-hydrogen) atoms. The van der Waals surface area contributed by atoms with E-state index in [9.17, 15) is 9.18 Å². The number of aromatic nitrogens is 1. The lowest BCUT2D eigenvalue weighted by Crippen LogP contribution is -2.30. The van der Waals surface area contributed by atoms with E-state index in [-0.39, 0.29) is 17.9 Å². The lowest BCUT2D eigenvalue weighted by molar-refractivity contribution is -0.131. The summed E-state index contributed by atoms with van der Waals surface area (Å²) in [5, 5.41) is 10.1. The van der Waals surface area contributed by atoms with Gasteiger partial charge in [-0.25, -0.2) is 4.39 Å². The van der Waals surface area contributed by atoms with Crippen molar-refractivity contribution in [3.63, 3.8) is 0 Å². The fraction of sp³-hybridized carbons (Fsp3) is 0.136. The van der Waals surface area contributed by atoms with Crippen LogP contribution in [0.1, 0.15) is 22.8 Å². The van der Waals surface area contributed by atoms with Crippen LogP contribution in [0.4, 0.5) is 4.39 Å². The molecule has 2 aromatic carbocycles. The molecular formula is C22H21FN4O2. The number of hydrogen-bond acceptors (Lipinski definition) is 4. The van der Waals surface area contributed by atoms with E-state index in [1.165, 1.54) is 13.2 Å². The first-order valence-corrected chi connectivity index (χ1v) is 8.93. The predicted octanol–water partition coefficient (Wildman–Crippen LogP) is 3.18. The molecule has 0 aliphatic heterocycles. The van der Waals surface area contributed by atoms with Crippen molar-refractivity contribution in [2.24, 2.45) is 5.73 Å². The first-order valence-electron chi connectivity index (χ1n) is 8.93. The van der Waals surface area contributed by atoms with Gasteiger partial charge < -0.3 is 15.8 Å². The maximum Gasteiger partial charge on any atom is 0.254 e. The predicted molar refractivity (Wildman–Crippen MR) is 109 cm³/mol. The van der Waals surface area contributed by atoms with Crippen molar-refractivity contribution in [1.29, 1.82) is 5.41 Å². The molecule has 0 spiro atoms. The van der Waals surface area contributed by atoms with E-state index in [0.29, 0.717) is 11.1 Å². The number of amidine groups is 1. The number of carbonyl (C=O) groups excluding carboxylic acids is 1. The van der Waals surface area contributed by atoms with Gasteiger partial charge >= 0.3 is 0 Å². The van der Waals surface area contributed by atoms with E-state index in [2.05, 4.69) is 10.3 Å². The summed E-state index contributed by atoms with van der Waals surface area (Å²) in [7, 11) is 1.36. The first-order chi connectivity index (χ1) is 14.0. The van der Waals surface area contributed by atoms with Gasteiger partial charge in [-0.05, 0) is 34.9 Å². The van der Waals surface area contributed by atoms with Crippen LogP contribution in [-0.4, -0.2) is 23.8 Å². The minimum atomic E-state index is -1.07. The zero-order valence-corrected chi connectivity index (χ0v) is 15.9. The number of halogens is 1. The highest BCUT2D eigenvalue weighted by atomic mass is 19.1. The number of ether oxygens (including phenoxy) is 1. The van der Waals surface area contributed by atoms with Gasteiger partial charge in [-0.3, -0.25) is 15.2 Å². The van der Waals surface area contributed by atoms with Crippen molar-refractivity contribution < 1.29 is 13.9 Å². The minimum Gasteiger partial charge on any atom is -0.384 e. The van der Waals surface area contributed by atoms with Crippen LogP contribution in [0.5, 0.6) is 0 Å². The van der Waals surface area contributed by atoms with E-state index in [4.69, 9.17) is 15.9 Å². The number of nitrogens with one attached hydrogen (secondary N) is 2. The topological polar surface area (TPSA) is 101 Å². The summed E-state index contributed by atoms with van der Waals surface area (Å²) >= 11 is 0. The fourth-order valence-electron chi connectivity index (χ4n) is 2.92. The van der Waals surface area contributed by atoms with Crippen molar-refractivity contribution in [2.75, 3.05) is 7.11 Å². The second-order valence-corrected chi connectivity index (χ2v) is 6.42. The molecule has 1 heterocycles. The third-order valence-electron chi connectivity index (χ3n) is 4.50. The number of nitrogens with two attached hydrogens (primary N) is 1. The Morgan fingerprint density at radius 2 is 1.83 bits per heavy atom. The quantitative estimate of drug-likeness (QED) is 0.425. The number of nitrogen functional groups attached to an aromatic ring is 1. The largest absolute Gasteiger partial charge is 0.384 e. The number of pyridine rings is 1. The van der Waals surface area contributed by atoms with Gasteiger partial charge in [0.05, 0.1) is 0 Å². The van der Waals surface area contributed by atoms with Crippen molar-refractivity contribution in [2.45, 2.75) is 12.6 Å². The van der Waals surface area contributed by atoms with Crippen LogP contribution in [0.2, 0.25) is 0 Å². The molecule has 148 valence electrons. The Balaban J connectivity index is 1.71. The molecule has 3 rings (SSSR count). The number of nitrogens with zero attached hydrogens (tertiary/aromatic N) is 1. The molecule has 1 unspecified atom stereocenters. The number of rotatable bonds is 7. The molecule has 1 aromatic heterocycles. The normalized spacial score (nSPS) is 11.7. The smallest absolute Gasteiger partial charge is 0.254 e. The number of benzene rings is 2. The Morgan fingerprint density at radius 3 is 2.41 bits per heavy atom. The van der Waals surface area contributed by atoms with E-state index < -0.39 is 17.8 Å². The molecular weight excluding hydrogens is 371 g/mol. The molecule has 6 nitrogen and oxygen atoms in total. The molecule has 1 amide bonds. The summed E-state index contributed by atoms with van der Waals surface area (Å²) in [6.07, 6.45) is 2.20. The lowest BCUT2D eigenvalue weighted by Gasteiger charge is -2.17. The third-order valence-corrected chi connectivity index (χ3v) is 4.50. The third kappa shape index (κ3) is 4.83. The second kappa shape index (κ2) is 9.07. The molecule has 1 atom stereocenters. The summed E-state index contributed by atoms with van der Waals surface area (Å²) in [5.41, 5.74) is 8.54. The zero-order chi connectivity index (χ0) is 20.8. The van der Waals surface area contributed by atoms with E-state index >= 15 is 0 Å². The van der Waals surface area contributed by atoms with Crippen LogP contribution < -0.4 is 11.1 Å². The molecule has 0 aliphatic carbocycles. The van der Waals surface area contributed by atoms with Crippen molar-refractivity contribution in [3.8, 4) is 11.1 Å². The van der Waals surface area contributed by atoms with Crippen LogP contribution in [-0.2, 0) is 16.1 Å². The average Bonchev–Trinajstić information content (AvgIpc) is 2.74. The maximum atomic E-state index is 14.7. The van der Waals surface area contributed by atoms with Gasteiger partial charge in [-0.2, -0.15) is 0 Å². The van der Waals surface area contributed by atoms with Gasteiger partial charge in [0.2, 0.25) is 0 Å². The Kier molecular flexibility index (Phi) is 6.31. The standard InChI is InChI=1S/C22H21FN4O2/c1-29-20(22(28)27-13-14-2-4-16(5-3-14)21(24)25)18-7-6-17(12-19(18)23)15-8-10-26-11-9-15/h2-12,20H,13H2,1H3,(H3,24,25)(H,27,28). The monoisotopic (exact) mass is 392 g/mol. The van der Waals surface area contributed by atoms with Gasteiger partial charge in [0.1, 0.15) is 11.7 Å². The Morgan fingerprint density at radius 1 is 1.14 bits per heavy atom. The van der Waals surface area contributed by atoms with Crippen molar-refractivity contribution in [1.82, 2.24) is 10.3 Å². The number of methoxy groups -OCH3 is 1. The van der Waals surface area contributed by atoms with Crippen LogP contribution in [0.25, 0.3) is 11.1 Å². The summed E-state index contributed by atoms with van der Waals surface area (Å²) in [6.45, 7) is 0.244. The molecule has 0 fully saturated rings. The summed E-state index contributed by atoms with van der Waals surface area (Å²) in [5.74, 6) is -0.989. The highest BCUT2D eigenvalue weighted by Crippen LogP contribution is 2.26. The molecule has 0 bridgehead atoms. The van der Waals surface area contributed by atoms with Gasteiger partial charge in [-0.15, -0.1) is 0 Å². The highest BCUT2D eigenvalue weighted by Gasteiger charge is 2.23. The molecule has 0 saturated carbocycles. The molecule has 0 aliphatic rings. The molecule has 4 N–H and O–H groups in total. The van der Waals surface area contributed by atoms with E-state index in [0.717, 1.165) is 11.1 Å². The van der Waals surface area contributed by atoms with Crippen LogP contribution in [0, 0.1) is 11.2 Å². The van der Waals surface area contributed by atoms with Crippen LogP contribution in [0.15, 0.2) is 67.0 Å². The SMILES string of the molecule is COC(C(=O)NCc1ccc(C(=N)N)cc1)c1ccc(-c2ccncc2)cc1F. The van der Waals surface area contributed by atoms with E-state index in [1.54, 1.807) is 60.9 Å². The average molecular weight is 392 g/mol. The summed E-state index contributed by atoms with van der Waals surface area (Å²) in [4.78, 5) is 16.5. The minimum absolute atomic E-state index is 0.0225. The van der Waals surface area contributed by atoms with E-state index in [1.807, 2.05) is 0 Å². The van der Waals surface area contributed by atoms with Gasteiger partial charge in [-0.1, -0.05) is 36.4 Å². The highest BCUT2D eigenvalue weighted by molar-refractivity contribution is 5.94. The first kappa shape index (κ1) is 20.2. The van der Waals surface area contributed by atoms with Crippen molar-refractivity contribution in [3.05, 3.63) is 89.5 Å². The van der Waals surface area contributed by atoms with Gasteiger partial charge in [0.25, 0.3) is 5.91 Å². The van der Waals surface area contributed by atoms with Crippen LogP contribution in [0.3, 0.4) is 0 Å². The number of carbonyl (C=O) groups is 1. The Hall–Kier alpha value is -3.58. The van der Waals surface area contributed by atoms with Crippen molar-refractivity contribution >= 4 is 11.7 Å². The fourth-order valence-corrected chi connectivity index (χ4v) is 2.92. The summed E-state index contributed by atoms with van der Waals surface area (Å²) < 4.78 is 20.0. The zero-order valence-electron chi connectivity index (χ0n) is 15.9. The summed E-state index contributed by atoms with van der Waals surface area (Å²) in [6, 6.07) is 15.2. The van der Waals surface area contributed by atoms with Gasteiger partial charge in [0, 0.05) is 37.2 Å². The lowest BCUT2D eigenvalue weighted by atomic mass is 10.0. The molecule has 0 radical (unpaired) electrons. The number of hydrogen-bond donors (Lipinski definition) is 3. The van der Waals surface area contributed by atoms with Gasteiger partial charge in [0.15, 0.2) is 6.10 Å². The Labute approximate surface area is 168 Å². The molecule has 3 aromatic rings. The van der Waals surface area contributed by atoms with Crippen LogP contribution >= 0.6 is 0 Å². The number of amides is 1. The Bertz CT molecular complexity index is 1010. The molecule has 0 saturated heterocycles. The second-order valence-electron chi connectivity index (χ2n) is 6.42. The maximum absolute atomic E-state index is 14.7.